The van der Waals surface area contributed by atoms with Gasteiger partial charge >= 0.3 is 6.09 Å². The molecule has 2 amide bonds. The third-order valence-electron chi connectivity index (χ3n) is 7.80. The van der Waals surface area contributed by atoms with Crippen molar-refractivity contribution in [3.05, 3.63) is 59.0 Å². The van der Waals surface area contributed by atoms with E-state index in [2.05, 4.69) is 20.5 Å². The second-order valence-electron chi connectivity index (χ2n) is 12.1. The Kier molecular flexibility index (Phi) is 9.80. The van der Waals surface area contributed by atoms with E-state index in [1.807, 2.05) is 26.8 Å². The molecular weight excluding hydrogens is 567 g/mol. The van der Waals surface area contributed by atoms with Crippen molar-refractivity contribution in [1.82, 2.24) is 20.2 Å². The summed E-state index contributed by atoms with van der Waals surface area (Å²) in [7, 11) is 0. The summed E-state index contributed by atoms with van der Waals surface area (Å²) < 4.78 is 26.4. The molecule has 2 aliphatic heterocycles. The molecule has 0 aliphatic carbocycles. The summed E-state index contributed by atoms with van der Waals surface area (Å²) in [4.78, 5) is 38.7. The van der Waals surface area contributed by atoms with Gasteiger partial charge < -0.3 is 35.0 Å². The third kappa shape index (κ3) is 7.54. The largest absolute Gasteiger partial charge is 0.444 e. The zero-order valence-corrected chi connectivity index (χ0v) is 25.6. The van der Waals surface area contributed by atoms with Gasteiger partial charge in [-0.05, 0) is 68.9 Å². The van der Waals surface area contributed by atoms with E-state index in [9.17, 15) is 14.7 Å². The van der Waals surface area contributed by atoms with E-state index in [0.29, 0.717) is 92.4 Å². The maximum atomic E-state index is 15.4. The molecule has 236 valence electrons. The van der Waals surface area contributed by atoms with Crippen LogP contribution in [0.3, 0.4) is 0 Å². The average molecular weight is 609 g/mol. The molecule has 2 fully saturated rings. The van der Waals surface area contributed by atoms with Crippen LogP contribution in [0.4, 0.5) is 20.7 Å². The number of carbonyl (C=O) groups excluding carboxylic acids is 2. The van der Waals surface area contributed by atoms with Gasteiger partial charge in [-0.3, -0.25) is 9.78 Å². The van der Waals surface area contributed by atoms with Crippen LogP contribution in [0.1, 0.15) is 61.0 Å². The minimum absolute atomic E-state index is 0.0632. The molecule has 3 heterocycles. The number of likely N-dealkylation sites (tertiary alicyclic amines) is 1. The maximum Gasteiger partial charge on any atom is 0.410 e. The van der Waals surface area contributed by atoms with Crippen molar-refractivity contribution in [1.29, 1.82) is 0 Å². The van der Waals surface area contributed by atoms with Gasteiger partial charge in [0.15, 0.2) is 0 Å². The fourth-order valence-electron chi connectivity index (χ4n) is 5.65. The summed E-state index contributed by atoms with van der Waals surface area (Å²) in [6, 6.07) is 8.45. The van der Waals surface area contributed by atoms with Crippen molar-refractivity contribution in [2.75, 3.05) is 62.8 Å². The van der Waals surface area contributed by atoms with Crippen LogP contribution >= 0.6 is 0 Å². The van der Waals surface area contributed by atoms with Gasteiger partial charge in [-0.15, -0.1) is 0 Å². The van der Waals surface area contributed by atoms with Crippen LogP contribution in [0.2, 0.25) is 0 Å². The molecule has 2 saturated heterocycles. The Morgan fingerprint density at radius 3 is 2.59 bits per heavy atom. The van der Waals surface area contributed by atoms with Crippen molar-refractivity contribution < 1.29 is 28.6 Å². The van der Waals surface area contributed by atoms with E-state index in [-0.39, 0.29) is 36.9 Å². The number of anilines is 2. The lowest BCUT2D eigenvalue weighted by Gasteiger charge is -2.34. The molecule has 0 radical (unpaired) electrons. The number of morpholine rings is 1. The van der Waals surface area contributed by atoms with Gasteiger partial charge in [0.05, 0.1) is 37.2 Å². The predicted molar refractivity (Wildman–Crippen MR) is 165 cm³/mol. The number of benzene rings is 2. The number of aliphatic hydroxyl groups is 1. The Morgan fingerprint density at radius 2 is 1.89 bits per heavy atom. The van der Waals surface area contributed by atoms with Gasteiger partial charge in [-0.1, -0.05) is 12.1 Å². The number of fused-ring (bicyclic) bond motifs is 1. The van der Waals surface area contributed by atoms with Crippen molar-refractivity contribution in [3.8, 4) is 0 Å². The van der Waals surface area contributed by atoms with Crippen LogP contribution in [0.25, 0.3) is 11.0 Å². The molecule has 11 nitrogen and oxygen atoms in total. The lowest BCUT2D eigenvalue weighted by Crippen LogP contribution is -2.41. The predicted octanol–water partition coefficient (Wildman–Crippen LogP) is 4.05. The summed E-state index contributed by atoms with van der Waals surface area (Å²) in [6.07, 6.45) is 2.58. The highest BCUT2D eigenvalue weighted by Crippen LogP contribution is 2.34. The average Bonchev–Trinajstić information content (AvgIpc) is 3.01. The molecule has 1 aromatic heterocycles. The van der Waals surface area contributed by atoms with Gasteiger partial charge in [0.2, 0.25) is 0 Å². The van der Waals surface area contributed by atoms with E-state index in [0.717, 1.165) is 5.56 Å². The van der Waals surface area contributed by atoms with Gasteiger partial charge in [-0.2, -0.15) is 0 Å². The SMILES string of the molecule is CC(C)(C)OC(=O)N1CCC(c2c(F)cccc2CNc2cc(C(=O)NCCO)cc3ncc(N4CCOCC4)nc23)CC1. The van der Waals surface area contributed by atoms with Crippen molar-refractivity contribution in [3.63, 3.8) is 0 Å². The van der Waals surface area contributed by atoms with Gasteiger partial charge in [0.1, 0.15) is 22.8 Å². The maximum absolute atomic E-state index is 15.4. The number of hydrogen-bond acceptors (Lipinski definition) is 9. The number of nitrogens with zero attached hydrogens (tertiary/aromatic N) is 4. The quantitative estimate of drug-likeness (QED) is 0.347. The number of amides is 2. The van der Waals surface area contributed by atoms with Gasteiger partial charge in [0.25, 0.3) is 5.91 Å². The number of rotatable bonds is 8. The van der Waals surface area contributed by atoms with Crippen molar-refractivity contribution >= 4 is 34.5 Å². The molecule has 0 atom stereocenters. The third-order valence-corrected chi connectivity index (χ3v) is 7.80. The number of halogens is 1. The Bertz CT molecular complexity index is 1480. The highest BCUT2D eigenvalue weighted by Gasteiger charge is 2.30. The fraction of sp³-hybridized carbons (Fsp3) is 0.500. The van der Waals surface area contributed by atoms with Gasteiger partial charge in [-0.25, -0.2) is 14.2 Å². The monoisotopic (exact) mass is 608 g/mol. The summed E-state index contributed by atoms with van der Waals surface area (Å²) in [5, 5.41) is 15.3. The Morgan fingerprint density at radius 1 is 1.14 bits per heavy atom. The zero-order chi connectivity index (χ0) is 31.3. The van der Waals surface area contributed by atoms with E-state index in [1.165, 1.54) is 6.07 Å². The number of carbonyl (C=O) groups is 2. The van der Waals surface area contributed by atoms with Crippen molar-refractivity contribution in [2.24, 2.45) is 0 Å². The summed E-state index contributed by atoms with van der Waals surface area (Å²) in [5.74, 6) is 0.0268. The molecule has 0 spiro atoms. The molecule has 0 bridgehead atoms. The second kappa shape index (κ2) is 13.7. The smallest absolute Gasteiger partial charge is 0.410 e. The first-order valence-corrected chi connectivity index (χ1v) is 15.1. The van der Waals surface area contributed by atoms with Crippen LogP contribution in [-0.4, -0.2) is 90.1 Å². The van der Waals surface area contributed by atoms with Crippen LogP contribution in [0.5, 0.6) is 0 Å². The minimum atomic E-state index is -0.577. The fourth-order valence-corrected chi connectivity index (χ4v) is 5.65. The molecule has 2 aromatic carbocycles. The van der Waals surface area contributed by atoms with E-state index in [4.69, 9.17) is 14.5 Å². The number of piperidine rings is 1. The normalized spacial score (nSPS) is 16.2. The molecule has 0 saturated carbocycles. The molecule has 3 N–H and O–H groups in total. The molecule has 12 heteroatoms. The lowest BCUT2D eigenvalue weighted by atomic mass is 9.86. The Balaban J connectivity index is 1.40. The Hall–Kier alpha value is -4.03. The first-order valence-electron chi connectivity index (χ1n) is 15.1. The first-order chi connectivity index (χ1) is 21.1. The lowest BCUT2D eigenvalue weighted by molar-refractivity contribution is 0.0204. The number of ether oxygens (including phenoxy) is 2. The minimum Gasteiger partial charge on any atom is -0.444 e. The zero-order valence-electron chi connectivity index (χ0n) is 25.6. The summed E-state index contributed by atoms with van der Waals surface area (Å²) in [6.45, 7) is 9.33. The Labute approximate surface area is 256 Å². The number of hydrogen-bond donors (Lipinski definition) is 3. The molecule has 3 aromatic rings. The molecule has 0 unspecified atom stereocenters. The van der Waals surface area contributed by atoms with Crippen LogP contribution < -0.4 is 15.5 Å². The van der Waals surface area contributed by atoms with Crippen LogP contribution in [-0.2, 0) is 16.0 Å². The number of aliphatic hydroxyl groups excluding tert-OH is 1. The van der Waals surface area contributed by atoms with Crippen molar-refractivity contribution in [2.45, 2.75) is 51.7 Å². The van der Waals surface area contributed by atoms with E-state index in [1.54, 1.807) is 29.3 Å². The second-order valence-corrected chi connectivity index (χ2v) is 12.1. The van der Waals surface area contributed by atoms with Crippen LogP contribution in [0, 0.1) is 5.82 Å². The highest BCUT2D eigenvalue weighted by molar-refractivity contribution is 6.01. The standard InChI is InChI=1S/C32H41FN6O5/c1-32(2,3)44-31(42)39-10-7-21(8-11-39)28-22(5-4-6-24(28)33)19-35-25-17-23(30(41)34-9-14-40)18-26-29(25)37-27(20-36-26)38-12-15-43-16-13-38/h4-6,17-18,20-21,35,40H,7-16,19H2,1-3H3,(H,34,41). The molecular formula is C32H41FN6O5. The number of aromatic nitrogens is 2. The summed E-state index contributed by atoms with van der Waals surface area (Å²) >= 11 is 0. The summed E-state index contributed by atoms with van der Waals surface area (Å²) in [5.41, 5.74) is 2.94. The molecule has 5 rings (SSSR count). The van der Waals surface area contributed by atoms with E-state index < -0.39 is 5.60 Å². The molecule has 2 aliphatic rings. The first kappa shape index (κ1) is 31.4. The highest BCUT2D eigenvalue weighted by atomic mass is 19.1. The van der Waals surface area contributed by atoms with Gasteiger partial charge in [0, 0.05) is 44.8 Å². The van der Waals surface area contributed by atoms with E-state index >= 15 is 4.39 Å². The molecule has 44 heavy (non-hydrogen) atoms. The van der Waals surface area contributed by atoms with Crippen LogP contribution in [0.15, 0.2) is 36.5 Å². The topological polar surface area (TPSA) is 129 Å². The number of nitrogens with one attached hydrogen (secondary N) is 2.